The number of anilines is 1. The van der Waals surface area contributed by atoms with Crippen LogP contribution in [0.5, 0.6) is 0 Å². The fourth-order valence-electron chi connectivity index (χ4n) is 3.06. The molecule has 2 aromatic rings. The first-order valence-electron chi connectivity index (χ1n) is 9.42. The summed E-state index contributed by atoms with van der Waals surface area (Å²) in [5.41, 5.74) is 1.62. The van der Waals surface area contributed by atoms with Crippen LogP contribution < -0.4 is 10.2 Å². The SMILES string of the molecule is CCCCNC(=O)c1ccc(N2CCN(C(=O)c3sccc3C)CC2)nc1. The van der Waals surface area contributed by atoms with Crippen molar-refractivity contribution in [2.24, 2.45) is 0 Å². The minimum atomic E-state index is -0.0794. The second-order valence-electron chi connectivity index (χ2n) is 6.73. The summed E-state index contributed by atoms with van der Waals surface area (Å²) in [5.74, 6) is 0.887. The van der Waals surface area contributed by atoms with E-state index in [1.807, 2.05) is 35.4 Å². The van der Waals surface area contributed by atoms with Gasteiger partial charge in [0.05, 0.1) is 10.4 Å². The predicted molar refractivity (Wildman–Crippen MR) is 109 cm³/mol. The van der Waals surface area contributed by atoms with E-state index in [4.69, 9.17) is 0 Å². The molecule has 7 heteroatoms. The van der Waals surface area contributed by atoms with Crippen molar-refractivity contribution in [1.29, 1.82) is 0 Å². The number of aryl methyl sites for hydroxylation is 1. The summed E-state index contributed by atoms with van der Waals surface area (Å²) in [7, 11) is 0. The number of carbonyl (C=O) groups is 2. The zero-order valence-corrected chi connectivity index (χ0v) is 16.7. The highest BCUT2D eigenvalue weighted by atomic mass is 32.1. The molecule has 27 heavy (non-hydrogen) atoms. The number of hydrogen-bond donors (Lipinski definition) is 1. The fraction of sp³-hybridized carbons (Fsp3) is 0.450. The predicted octanol–water partition coefficient (Wildman–Crippen LogP) is 2.94. The zero-order chi connectivity index (χ0) is 19.2. The van der Waals surface area contributed by atoms with E-state index in [1.54, 1.807) is 6.20 Å². The van der Waals surface area contributed by atoms with Crippen molar-refractivity contribution in [3.63, 3.8) is 0 Å². The Balaban J connectivity index is 1.54. The molecule has 144 valence electrons. The van der Waals surface area contributed by atoms with E-state index in [-0.39, 0.29) is 11.8 Å². The average Bonchev–Trinajstić information content (AvgIpc) is 3.13. The highest BCUT2D eigenvalue weighted by Gasteiger charge is 2.24. The number of carbonyl (C=O) groups excluding carboxylic acids is 2. The first-order chi connectivity index (χ1) is 13.1. The topological polar surface area (TPSA) is 65.5 Å². The lowest BCUT2D eigenvalue weighted by atomic mass is 10.2. The molecular formula is C20H26N4O2S. The molecule has 0 aliphatic carbocycles. The Morgan fingerprint density at radius 3 is 2.56 bits per heavy atom. The maximum Gasteiger partial charge on any atom is 0.264 e. The van der Waals surface area contributed by atoms with Gasteiger partial charge in [0.1, 0.15) is 5.82 Å². The second kappa shape index (κ2) is 8.99. The van der Waals surface area contributed by atoms with E-state index in [9.17, 15) is 9.59 Å². The van der Waals surface area contributed by atoms with Gasteiger partial charge in [-0.25, -0.2) is 4.98 Å². The quantitative estimate of drug-likeness (QED) is 0.775. The Hall–Kier alpha value is -2.41. The van der Waals surface area contributed by atoms with Crippen molar-refractivity contribution >= 4 is 29.0 Å². The second-order valence-corrected chi connectivity index (χ2v) is 7.64. The fourth-order valence-corrected chi connectivity index (χ4v) is 3.95. The molecule has 2 aromatic heterocycles. The van der Waals surface area contributed by atoms with Crippen LogP contribution in [0.3, 0.4) is 0 Å². The first kappa shape index (κ1) is 19.4. The normalized spacial score (nSPS) is 14.3. The molecule has 0 spiro atoms. The van der Waals surface area contributed by atoms with Gasteiger partial charge >= 0.3 is 0 Å². The number of pyridine rings is 1. The van der Waals surface area contributed by atoms with Crippen molar-refractivity contribution in [2.75, 3.05) is 37.6 Å². The van der Waals surface area contributed by atoms with Crippen molar-refractivity contribution < 1.29 is 9.59 Å². The molecule has 0 atom stereocenters. The number of rotatable bonds is 6. The van der Waals surface area contributed by atoms with Gasteiger partial charge in [-0.15, -0.1) is 11.3 Å². The van der Waals surface area contributed by atoms with Crippen molar-refractivity contribution in [2.45, 2.75) is 26.7 Å². The largest absolute Gasteiger partial charge is 0.353 e. The number of unbranched alkanes of at least 4 members (excludes halogenated alkanes) is 1. The molecule has 0 bridgehead atoms. The molecule has 0 aromatic carbocycles. The van der Waals surface area contributed by atoms with Crippen molar-refractivity contribution in [3.8, 4) is 0 Å². The lowest BCUT2D eigenvalue weighted by molar-refractivity contribution is 0.0750. The summed E-state index contributed by atoms with van der Waals surface area (Å²) in [6.07, 6.45) is 3.66. The third-order valence-corrected chi connectivity index (χ3v) is 5.78. The summed E-state index contributed by atoms with van der Waals surface area (Å²) in [5, 5.41) is 4.86. The van der Waals surface area contributed by atoms with E-state index in [1.165, 1.54) is 11.3 Å². The smallest absolute Gasteiger partial charge is 0.264 e. The summed E-state index contributed by atoms with van der Waals surface area (Å²) in [4.78, 5) is 34.0. The van der Waals surface area contributed by atoms with Gasteiger partial charge in [0, 0.05) is 38.9 Å². The van der Waals surface area contributed by atoms with Crippen molar-refractivity contribution in [1.82, 2.24) is 15.2 Å². The lowest BCUT2D eigenvalue weighted by Gasteiger charge is -2.35. The highest BCUT2D eigenvalue weighted by Crippen LogP contribution is 2.20. The van der Waals surface area contributed by atoms with Crippen LogP contribution in [0.4, 0.5) is 5.82 Å². The Bertz CT molecular complexity index is 780. The minimum Gasteiger partial charge on any atom is -0.353 e. The van der Waals surface area contributed by atoms with Crippen LogP contribution in [-0.4, -0.2) is 54.4 Å². The number of aromatic nitrogens is 1. The van der Waals surface area contributed by atoms with E-state index < -0.39 is 0 Å². The van der Waals surface area contributed by atoms with Gasteiger partial charge in [0.15, 0.2) is 0 Å². The zero-order valence-electron chi connectivity index (χ0n) is 15.9. The minimum absolute atomic E-state index is 0.0794. The van der Waals surface area contributed by atoms with Crippen LogP contribution in [-0.2, 0) is 0 Å². The van der Waals surface area contributed by atoms with Crippen molar-refractivity contribution in [3.05, 3.63) is 45.8 Å². The molecule has 0 saturated carbocycles. The van der Waals surface area contributed by atoms with Crippen LogP contribution in [0.25, 0.3) is 0 Å². The van der Waals surface area contributed by atoms with Crippen LogP contribution in [0.15, 0.2) is 29.8 Å². The molecule has 1 saturated heterocycles. The van der Waals surface area contributed by atoms with Crippen LogP contribution in [0.2, 0.25) is 0 Å². The van der Waals surface area contributed by atoms with Gasteiger partial charge in [-0.05, 0) is 42.5 Å². The van der Waals surface area contributed by atoms with Gasteiger partial charge in [-0.2, -0.15) is 0 Å². The highest BCUT2D eigenvalue weighted by molar-refractivity contribution is 7.12. The number of piperazine rings is 1. The number of amides is 2. The first-order valence-corrected chi connectivity index (χ1v) is 10.3. The Labute approximate surface area is 164 Å². The maximum atomic E-state index is 12.6. The van der Waals surface area contributed by atoms with Gasteiger partial charge in [0.2, 0.25) is 0 Å². The van der Waals surface area contributed by atoms with E-state index in [0.29, 0.717) is 25.2 Å². The Morgan fingerprint density at radius 2 is 1.96 bits per heavy atom. The molecule has 0 radical (unpaired) electrons. The number of nitrogens with one attached hydrogen (secondary N) is 1. The Kier molecular flexibility index (Phi) is 6.45. The molecule has 1 aliphatic heterocycles. The van der Waals surface area contributed by atoms with Gasteiger partial charge in [0.25, 0.3) is 11.8 Å². The molecule has 3 heterocycles. The van der Waals surface area contributed by atoms with Gasteiger partial charge in [-0.1, -0.05) is 13.3 Å². The number of hydrogen-bond acceptors (Lipinski definition) is 5. The molecule has 6 nitrogen and oxygen atoms in total. The molecule has 1 fully saturated rings. The molecular weight excluding hydrogens is 360 g/mol. The van der Waals surface area contributed by atoms with Crippen LogP contribution in [0, 0.1) is 6.92 Å². The molecule has 1 aliphatic rings. The summed E-state index contributed by atoms with van der Waals surface area (Å²) in [6, 6.07) is 5.68. The Morgan fingerprint density at radius 1 is 1.19 bits per heavy atom. The van der Waals surface area contributed by atoms with E-state index in [0.717, 1.165) is 42.2 Å². The van der Waals surface area contributed by atoms with Crippen LogP contribution >= 0.6 is 11.3 Å². The summed E-state index contributed by atoms with van der Waals surface area (Å²) < 4.78 is 0. The van der Waals surface area contributed by atoms with Gasteiger partial charge < -0.3 is 15.1 Å². The molecule has 1 N–H and O–H groups in total. The average molecular weight is 387 g/mol. The molecule has 0 unspecified atom stereocenters. The lowest BCUT2D eigenvalue weighted by Crippen LogP contribution is -2.49. The van der Waals surface area contributed by atoms with Crippen LogP contribution in [0.1, 0.15) is 45.4 Å². The summed E-state index contributed by atoms with van der Waals surface area (Å²) >= 11 is 1.50. The molecule has 2 amide bonds. The third-order valence-electron chi connectivity index (χ3n) is 4.77. The monoisotopic (exact) mass is 386 g/mol. The van der Waals surface area contributed by atoms with E-state index in [2.05, 4.69) is 22.1 Å². The maximum absolute atomic E-state index is 12.6. The summed E-state index contributed by atoms with van der Waals surface area (Å²) in [6.45, 7) is 7.60. The third kappa shape index (κ3) is 4.66. The molecule has 3 rings (SSSR count). The number of thiophene rings is 1. The van der Waals surface area contributed by atoms with E-state index >= 15 is 0 Å². The van der Waals surface area contributed by atoms with Gasteiger partial charge in [-0.3, -0.25) is 9.59 Å². The standard InChI is InChI=1S/C20H26N4O2S/c1-3-4-8-21-19(25)16-5-6-17(22-14-16)23-9-11-24(12-10-23)20(26)18-15(2)7-13-27-18/h5-7,13-14H,3-4,8-12H2,1-2H3,(H,21,25). The number of nitrogens with zero attached hydrogens (tertiary/aromatic N) is 3.